The van der Waals surface area contributed by atoms with Crippen LogP contribution in [0.15, 0.2) is 42.5 Å². The Bertz CT molecular complexity index is 710. The van der Waals surface area contributed by atoms with Crippen LogP contribution >= 0.6 is 12.4 Å². The molecule has 2 N–H and O–H groups in total. The number of anilines is 1. The van der Waals surface area contributed by atoms with Gasteiger partial charge in [0, 0.05) is 6.54 Å². The molecule has 134 valence electrons. The molecule has 0 aliphatic carbocycles. The van der Waals surface area contributed by atoms with Crippen LogP contribution < -0.4 is 10.6 Å². The molecule has 2 aromatic rings. The van der Waals surface area contributed by atoms with E-state index in [1.54, 1.807) is 6.07 Å². The average molecular weight is 365 g/mol. The molecule has 1 aliphatic rings. The molecule has 0 saturated heterocycles. The van der Waals surface area contributed by atoms with Gasteiger partial charge in [-0.25, -0.2) is 4.39 Å². The van der Waals surface area contributed by atoms with Gasteiger partial charge in [0.2, 0.25) is 5.91 Å². The van der Waals surface area contributed by atoms with E-state index in [-0.39, 0.29) is 36.4 Å². The zero-order chi connectivity index (χ0) is 16.8. The summed E-state index contributed by atoms with van der Waals surface area (Å²) in [4.78, 5) is 11.9. The fourth-order valence-corrected chi connectivity index (χ4v) is 2.82. The molecule has 1 amide bonds. The Morgan fingerprint density at radius 2 is 2.00 bits per heavy atom. The number of rotatable bonds is 6. The Labute approximate surface area is 153 Å². The van der Waals surface area contributed by atoms with Crippen LogP contribution in [0.3, 0.4) is 0 Å². The molecule has 0 bridgehead atoms. The van der Waals surface area contributed by atoms with Crippen molar-refractivity contribution in [3.05, 3.63) is 65.0 Å². The van der Waals surface area contributed by atoms with Crippen LogP contribution in [0.2, 0.25) is 0 Å². The summed E-state index contributed by atoms with van der Waals surface area (Å²) < 4.78 is 19.8. The Kier molecular flexibility index (Phi) is 7.37. The number of fused-ring (bicyclic) bond motifs is 1. The monoisotopic (exact) mass is 364 g/mol. The number of hydrogen-bond donors (Lipinski definition) is 2. The molecular weight excluding hydrogens is 343 g/mol. The number of halogens is 2. The zero-order valence-electron chi connectivity index (χ0n) is 13.9. The lowest BCUT2D eigenvalue weighted by molar-refractivity contribution is -0.120. The quantitative estimate of drug-likeness (QED) is 0.774. The third kappa shape index (κ3) is 5.26. The molecule has 2 aromatic carbocycles. The van der Waals surface area contributed by atoms with Crippen molar-refractivity contribution in [3.63, 3.8) is 0 Å². The van der Waals surface area contributed by atoms with Gasteiger partial charge in [0.05, 0.1) is 12.3 Å². The number of carbonyl (C=O) groups excluding carboxylic acids is 1. The molecule has 0 radical (unpaired) electrons. The summed E-state index contributed by atoms with van der Waals surface area (Å²) in [6.45, 7) is 1.80. The first-order valence-electron chi connectivity index (χ1n) is 8.16. The van der Waals surface area contributed by atoms with E-state index in [0.717, 1.165) is 24.1 Å². The van der Waals surface area contributed by atoms with E-state index < -0.39 is 0 Å². The van der Waals surface area contributed by atoms with E-state index in [4.69, 9.17) is 4.74 Å². The Morgan fingerprint density at radius 1 is 1.20 bits per heavy atom. The van der Waals surface area contributed by atoms with Gasteiger partial charge in [-0.3, -0.25) is 4.79 Å². The molecule has 1 aliphatic heterocycles. The van der Waals surface area contributed by atoms with Crippen LogP contribution in [0.25, 0.3) is 0 Å². The van der Waals surface area contributed by atoms with Crippen molar-refractivity contribution in [3.8, 4) is 0 Å². The minimum atomic E-state index is -0.337. The summed E-state index contributed by atoms with van der Waals surface area (Å²) in [7, 11) is 0. The second-order valence-electron chi connectivity index (χ2n) is 5.83. The van der Waals surface area contributed by atoms with Gasteiger partial charge < -0.3 is 15.4 Å². The van der Waals surface area contributed by atoms with Crippen molar-refractivity contribution in [2.24, 2.45) is 0 Å². The molecule has 6 heteroatoms. The molecule has 4 nitrogen and oxygen atoms in total. The van der Waals surface area contributed by atoms with Gasteiger partial charge in [-0.05, 0) is 42.1 Å². The van der Waals surface area contributed by atoms with Gasteiger partial charge in [-0.2, -0.15) is 0 Å². The number of hydrogen-bond acceptors (Lipinski definition) is 3. The standard InChI is InChI=1S/C19H21FN2O2.ClH/c20-19-16-8-10-21-12-15(16)6-7-17(19)22-18(23)13-24-11-9-14-4-2-1-3-5-14;/h1-7,21H,8-13H2,(H,22,23);1H. The number of carbonyl (C=O) groups is 1. The summed E-state index contributed by atoms with van der Waals surface area (Å²) in [6, 6.07) is 13.4. The first kappa shape index (κ1) is 19.4. The lowest BCUT2D eigenvalue weighted by Gasteiger charge is -2.19. The van der Waals surface area contributed by atoms with Crippen LogP contribution in [0, 0.1) is 5.82 Å². The lowest BCUT2D eigenvalue weighted by Crippen LogP contribution is -2.26. The van der Waals surface area contributed by atoms with E-state index in [1.807, 2.05) is 36.4 Å². The summed E-state index contributed by atoms with van der Waals surface area (Å²) in [6.07, 6.45) is 1.38. The van der Waals surface area contributed by atoms with Crippen molar-refractivity contribution in [2.75, 3.05) is 25.1 Å². The zero-order valence-corrected chi connectivity index (χ0v) is 14.7. The second kappa shape index (κ2) is 9.51. The SMILES string of the molecule is Cl.O=C(COCCc1ccccc1)Nc1ccc2c(c1F)CCNC2. The maximum Gasteiger partial charge on any atom is 0.250 e. The number of benzene rings is 2. The summed E-state index contributed by atoms with van der Waals surface area (Å²) in [5.41, 5.74) is 3.03. The van der Waals surface area contributed by atoms with Crippen LogP contribution in [0.1, 0.15) is 16.7 Å². The van der Waals surface area contributed by atoms with Crippen LogP contribution in [0.5, 0.6) is 0 Å². The van der Waals surface area contributed by atoms with Gasteiger partial charge in [0.1, 0.15) is 12.4 Å². The number of amides is 1. The van der Waals surface area contributed by atoms with Crippen molar-refractivity contribution in [1.82, 2.24) is 5.32 Å². The van der Waals surface area contributed by atoms with Crippen molar-refractivity contribution < 1.29 is 13.9 Å². The summed E-state index contributed by atoms with van der Waals surface area (Å²) in [5.74, 6) is -0.664. The van der Waals surface area contributed by atoms with Crippen molar-refractivity contribution in [2.45, 2.75) is 19.4 Å². The predicted molar refractivity (Wildman–Crippen MR) is 98.7 cm³/mol. The fraction of sp³-hybridized carbons (Fsp3) is 0.316. The predicted octanol–water partition coefficient (Wildman–Crippen LogP) is 3.09. The Hall–Kier alpha value is -1.95. The molecule has 3 rings (SSSR count). The molecule has 25 heavy (non-hydrogen) atoms. The van der Waals surface area contributed by atoms with Gasteiger partial charge in [0.25, 0.3) is 0 Å². The topological polar surface area (TPSA) is 50.4 Å². The molecule has 0 unspecified atom stereocenters. The third-order valence-corrected chi connectivity index (χ3v) is 4.09. The fourth-order valence-electron chi connectivity index (χ4n) is 2.82. The molecule has 0 fully saturated rings. The molecule has 0 aromatic heterocycles. The first-order chi connectivity index (χ1) is 11.7. The maximum atomic E-state index is 14.4. The van der Waals surface area contributed by atoms with Gasteiger partial charge in [-0.1, -0.05) is 36.4 Å². The van der Waals surface area contributed by atoms with Crippen molar-refractivity contribution in [1.29, 1.82) is 0 Å². The van der Waals surface area contributed by atoms with E-state index >= 15 is 0 Å². The highest BCUT2D eigenvalue weighted by molar-refractivity contribution is 5.92. The van der Waals surface area contributed by atoms with Crippen LogP contribution in [-0.4, -0.2) is 25.7 Å². The highest BCUT2D eigenvalue weighted by Crippen LogP contribution is 2.24. The highest BCUT2D eigenvalue weighted by Gasteiger charge is 2.17. The van der Waals surface area contributed by atoms with Crippen LogP contribution in [-0.2, 0) is 28.9 Å². The highest BCUT2D eigenvalue weighted by atomic mass is 35.5. The first-order valence-corrected chi connectivity index (χ1v) is 8.16. The minimum Gasteiger partial charge on any atom is -0.371 e. The van der Waals surface area contributed by atoms with E-state index in [0.29, 0.717) is 25.1 Å². The van der Waals surface area contributed by atoms with E-state index in [2.05, 4.69) is 10.6 Å². The third-order valence-electron chi connectivity index (χ3n) is 4.09. The Morgan fingerprint density at radius 3 is 2.80 bits per heavy atom. The lowest BCUT2D eigenvalue weighted by atomic mass is 9.99. The molecular formula is C19H22ClFN2O2. The van der Waals surface area contributed by atoms with E-state index in [1.165, 1.54) is 0 Å². The second-order valence-corrected chi connectivity index (χ2v) is 5.83. The normalized spacial score (nSPS) is 12.8. The minimum absolute atomic E-state index is 0. The van der Waals surface area contributed by atoms with Crippen LogP contribution in [0.4, 0.5) is 10.1 Å². The summed E-state index contributed by atoms with van der Waals surface area (Å²) in [5, 5.41) is 5.80. The number of ether oxygens (including phenoxy) is 1. The molecule has 0 saturated carbocycles. The van der Waals surface area contributed by atoms with Gasteiger partial charge in [-0.15, -0.1) is 12.4 Å². The Balaban J connectivity index is 0.00000225. The van der Waals surface area contributed by atoms with Crippen molar-refractivity contribution >= 4 is 24.0 Å². The smallest absolute Gasteiger partial charge is 0.250 e. The van der Waals surface area contributed by atoms with Gasteiger partial charge >= 0.3 is 0 Å². The summed E-state index contributed by atoms with van der Waals surface area (Å²) >= 11 is 0. The average Bonchev–Trinajstić information content (AvgIpc) is 2.62. The van der Waals surface area contributed by atoms with Gasteiger partial charge in [0.15, 0.2) is 0 Å². The largest absolute Gasteiger partial charge is 0.371 e. The molecule has 0 spiro atoms. The van der Waals surface area contributed by atoms with E-state index in [9.17, 15) is 9.18 Å². The molecule has 0 atom stereocenters. The molecule has 1 heterocycles. The maximum absolute atomic E-state index is 14.4. The number of nitrogens with one attached hydrogen (secondary N) is 2.